The van der Waals surface area contributed by atoms with E-state index in [1.165, 1.54) is 6.20 Å². The van der Waals surface area contributed by atoms with E-state index in [0.29, 0.717) is 17.6 Å². The topological polar surface area (TPSA) is 84.1 Å². The van der Waals surface area contributed by atoms with Crippen molar-refractivity contribution in [2.24, 2.45) is 5.92 Å². The molecule has 4 N–H and O–H groups in total. The summed E-state index contributed by atoms with van der Waals surface area (Å²) in [5, 5.41) is 12.2. The molecule has 1 heterocycles. The predicted octanol–water partition coefficient (Wildman–Crippen LogP) is 0.488. The zero-order valence-electron chi connectivity index (χ0n) is 8.44. The largest absolute Gasteiger partial charge is 0.394 e. The average molecular weight is 196 g/mol. The number of nitrogens with two attached hydrogens (primary N) is 1. The van der Waals surface area contributed by atoms with Crippen LogP contribution >= 0.6 is 0 Å². The third-order valence-corrected chi connectivity index (χ3v) is 1.99. The second kappa shape index (κ2) is 4.76. The lowest BCUT2D eigenvalue weighted by molar-refractivity contribution is 0.249. The van der Waals surface area contributed by atoms with Crippen molar-refractivity contribution in [3.63, 3.8) is 0 Å². The molecule has 0 bridgehead atoms. The second-order valence-electron chi connectivity index (χ2n) is 3.51. The van der Waals surface area contributed by atoms with Crippen molar-refractivity contribution < 1.29 is 5.11 Å². The number of anilines is 2. The van der Waals surface area contributed by atoms with Gasteiger partial charge in [-0.25, -0.2) is 4.98 Å². The Kier molecular flexibility index (Phi) is 3.64. The summed E-state index contributed by atoms with van der Waals surface area (Å²) in [6, 6.07) is -0.0221. The van der Waals surface area contributed by atoms with Crippen LogP contribution in [0.4, 0.5) is 11.6 Å². The minimum Gasteiger partial charge on any atom is -0.394 e. The van der Waals surface area contributed by atoms with Gasteiger partial charge in [0.1, 0.15) is 11.6 Å². The Morgan fingerprint density at radius 1 is 1.50 bits per heavy atom. The molecule has 1 unspecified atom stereocenters. The van der Waals surface area contributed by atoms with Crippen LogP contribution in [0.1, 0.15) is 13.8 Å². The molecule has 0 fully saturated rings. The van der Waals surface area contributed by atoms with E-state index in [0.717, 1.165) is 0 Å². The van der Waals surface area contributed by atoms with Gasteiger partial charge in [0, 0.05) is 0 Å². The summed E-state index contributed by atoms with van der Waals surface area (Å²) in [7, 11) is 0. The molecule has 0 aliphatic heterocycles. The van der Waals surface area contributed by atoms with E-state index in [-0.39, 0.29) is 12.6 Å². The molecule has 0 aliphatic carbocycles. The summed E-state index contributed by atoms with van der Waals surface area (Å²) in [5.41, 5.74) is 5.48. The molecule has 5 heteroatoms. The lowest BCUT2D eigenvalue weighted by Gasteiger charge is -2.20. The number of rotatable bonds is 4. The fourth-order valence-corrected chi connectivity index (χ4v) is 1.06. The highest BCUT2D eigenvalue weighted by Crippen LogP contribution is 2.09. The number of aliphatic hydroxyl groups excluding tert-OH is 1. The number of hydrogen-bond donors (Lipinski definition) is 3. The fourth-order valence-electron chi connectivity index (χ4n) is 1.06. The summed E-state index contributed by atoms with van der Waals surface area (Å²) >= 11 is 0. The SMILES string of the molecule is CC(C)C(CO)Nc1cncc(N)n1. The highest BCUT2D eigenvalue weighted by Gasteiger charge is 2.12. The number of aliphatic hydroxyl groups is 1. The molecule has 5 nitrogen and oxygen atoms in total. The Hall–Kier alpha value is -1.36. The number of nitrogen functional groups attached to an aromatic ring is 1. The lowest BCUT2D eigenvalue weighted by Crippen LogP contribution is -2.29. The summed E-state index contributed by atoms with van der Waals surface area (Å²) in [6.45, 7) is 4.11. The van der Waals surface area contributed by atoms with Gasteiger partial charge in [-0.3, -0.25) is 4.98 Å². The van der Waals surface area contributed by atoms with Crippen molar-refractivity contribution in [3.8, 4) is 0 Å². The molecule has 0 spiro atoms. The van der Waals surface area contributed by atoms with Crippen LogP contribution < -0.4 is 11.1 Å². The van der Waals surface area contributed by atoms with Crippen molar-refractivity contribution in [1.29, 1.82) is 0 Å². The first-order chi connectivity index (χ1) is 6.63. The summed E-state index contributed by atoms with van der Waals surface area (Å²) in [6.07, 6.45) is 3.07. The van der Waals surface area contributed by atoms with E-state index in [9.17, 15) is 0 Å². The number of nitrogens with zero attached hydrogens (tertiary/aromatic N) is 2. The molecule has 1 atom stereocenters. The van der Waals surface area contributed by atoms with Gasteiger partial charge in [0.05, 0.1) is 25.0 Å². The van der Waals surface area contributed by atoms with Crippen LogP contribution in [-0.2, 0) is 0 Å². The smallest absolute Gasteiger partial charge is 0.147 e. The molecule has 1 aromatic heterocycles. The number of hydrogen-bond acceptors (Lipinski definition) is 5. The van der Waals surface area contributed by atoms with Crippen LogP contribution in [0.25, 0.3) is 0 Å². The van der Waals surface area contributed by atoms with Crippen molar-refractivity contribution in [2.75, 3.05) is 17.7 Å². The molecule has 1 rings (SSSR count). The molecule has 0 radical (unpaired) electrons. The normalized spacial score (nSPS) is 12.9. The Morgan fingerprint density at radius 2 is 2.21 bits per heavy atom. The quantitative estimate of drug-likeness (QED) is 0.652. The lowest BCUT2D eigenvalue weighted by atomic mass is 10.1. The van der Waals surface area contributed by atoms with Crippen LogP contribution in [0.5, 0.6) is 0 Å². The molecule has 0 saturated carbocycles. The van der Waals surface area contributed by atoms with E-state index >= 15 is 0 Å². The molecule has 0 amide bonds. The van der Waals surface area contributed by atoms with Gasteiger partial charge >= 0.3 is 0 Å². The standard InChI is InChI=1S/C9H16N4O/c1-6(2)7(5-14)12-9-4-11-3-8(10)13-9/h3-4,6-7,14H,5H2,1-2H3,(H3,10,12,13). The molecule has 0 aromatic carbocycles. The zero-order valence-corrected chi connectivity index (χ0v) is 8.44. The van der Waals surface area contributed by atoms with E-state index < -0.39 is 0 Å². The Labute approximate surface area is 83.4 Å². The first kappa shape index (κ1) is 10.7. The molecule has 0 aliphatic rings. The van der Waals surface area contributed by atoms with Gasteiger partial charge in [-0.15, -0.1) is 0 Å². The van der Waals surface area contributed by atoms with Crippen LogP contribution in [0, 0.1) is 5.92 Å². The van der Waals surface area contributed by atoms with E-state index in [2.05, 4.69) is 15.3 Å². The van der Waals surface area contributed by atoms with Crippen molar-refractivity contribution in [3.05, 3.63) is 12.4 Å². The summed E-state index contributed by atoms with van der Waals surface area (Å²) in [5.74, 6) is 1.29. The van der Waals surface area contributed by atoms with Gasteiger partial charge < -0.3 is 16.2 Å². The van der Waals surface area contributed by atoms with Gasteiger partial charge in [0.25, 0.3) is 0 Å². The molecule has 1 aromatic rings. The Bertz CT molecular complexity index is 290. The molecule has 78 valence electrons. The van der Waals surface area contributed by atoms with E-state index in [4.69, 9.17) is 10.8 Å². The van der Waals surface area contributed by atoms with E-state index in [1.54, 1.807) is 6.20 Å². The zero-order chi connectivity index (χ0) is 10.6. The summed E-state index contributed by atoms with van der Waals surface area (Å²) < 4.78 is 0. The Balaban J connectivity index is 2.67. The number of nitrogens with one attached hydrogen (secondary N) is 1. The first-order valence-corrected chi connectivity index (χ1v) is 4.58. The van der Waals surface area contributed by atoms with Gasteiger partial charge in [0.2, 0.25) is 0 Å². The van der Waals surface area contributed by atoms with Gasteiger partial charge in [0.15, 0.2) is 0 Å². The van der Waals surface area contributed by atoms with Crippen LogP contribution in [0.2, 0.25) is 0 Å². The van der Waals surface area contributed by atoms with Gasteiger partial charge in [-0.05, 0) is 5.92 Å². The maximum absolute atomic E-state index is 9.09. The van der Waals surface area contributed by atoms with E-state index in [1.807, 2.05) is 13.8 Å². The average Bonchev–Trinajstić information content (AvgIpc) is 2.14. The van der Waals surface area contributed by atoms with Crippen molar-refractivity contribution >= 4 is 11.6 Å². The second-order valence-corrected chi connectivity index (χ2v) is 3.51. The minimum absolute atomic E-state index is 0.0221. The first-order valence-electron chi connectivity index (χ1n) is 4.58. The highest BCUT2D eigenvalue weighted by atomic mass is 16.3. The monoisotopic (exact) mass is 196 g/mol. The predicted molar refractivity (Wildman–Crippen MR) is 55.8 cm³/mol. The molecule has 14 heavy (non-hydrogen) atoms. The maximum Gasteiger partial charge on any atom is 0.147 e. The fraction of sp³-hybridized carbons (Fsp3) is 0.556. The maximum atomic E-state index is 9.09. The minimum atomic E-state index is -0.0221. The molecular weight excluding hydrogens is 180 g/mol. The van der Waals surface area contributed by atoms with Gasteiger partial charge in [-0.1, -0.05) is 13.8 Å². The van der Waals surface area contributed by atoms with Crippen molar-refractivity contribution in [1.82, 2.24) is 9.97 Å². The Morgan fingerprint density at radius 3 is 2.71 bits per heavy atom. The third-order valence-electron chi connectivity index (χ3n) is 1.99. The summed E-state index contributed by atoms with van der Waals surface area (Å²) in [4.78, 5) is 7.94. The van der Waals surface area contributed by atoms with Crippen LogP contribution in [0.3, 0.4) is 0 Å². The highest BCUT2D eigenvalue weighted by molar-refractivity contribution is 5.39. The van der Waals surface area contributed by atoms with Crippen LogP contribution in [-0.4, -0.2) is 27.7 Å². The van der Waals surface area contributed by atoms with Crippen LogP contribution in [0.15, 0.2) is 12.4 Å². The van der Waals surface area contributed by atoms with Crippen molar-refractivity contribution in [2.45, 2.75) is 19.9 Å². The third kappa shape index (κ3) is 2.85. The number of aromatic nitrogens is 2. The molecule has 0 saturated heterocycles. The van der Waals surface area contributed by atoms with Gasteiger partial charge in [-0.2, -0.15) is 0 Å². The molecular formula is C9H16N4O.